The van der Waals surface area contributed by atoms with Crippen molar-refractivity contribution in [1.82, 2.24) is 0 Å². The minimum atomic E-state index is -0.0255. The molecule has 0 atom stereocenters. The molecular weight excluding hydrogens is 350 g/mol. The van der Waals surface area contributed by atoms with Crippen LogP contribution in [0.3, 0.4) is 0 Å². The Kier molecular flexibility index (Phi) is 4.31. The molecule has 6 rings (SSSR count). The third-order valence-electron chi connectivity index (χ3n) is 7.14. The fraction of sp³-hybridized carbons (Fsp3) is 0.458. The standard InChI is InChI=1S/C24H27NOS/c1-27-22-5-3-2-4-21(22)23(26)25-20-8-6-19(7-9-20)24-13-16-10-17(14-24)12-18(11-16)15-24/h2-9,16-18H,10-15H2,1H3,(H,25,26). The SMILES string of the molecule is CSc1ccccc1C(=O)Nc1ccc(C23CC4CC(CC(C4)C2)C3)cc1. The quantitative estimate of drug-likeness (QED) is 0.650. The number of anilines is 1. The molecular formula is C24H27NOS. The predicted octanol–water partition coefficient (Wildman–Crippen LogP) is 6.13. The summed E-state index contributed by atoms with van der Waals surface area (Å²) in [5, 5.41) is 3.08. The van der Waals surface area contributed by atoms with Crippen molar-refractivity contribution < 1.29 is 4.79 Å². The van der Waals surface area contributed by atoms with E-state index >= 15 is 0 Å². The predicted molar refractivity (Wildman–Crippen MR) is 112 cm³/mol. The number of rotatable bonds is 4. The number of nitrogens with one attached hydrogen (secondary N) is 1. The second-order valence-corrected chi connectivity index (χ2v) is 9.78. The molecule has 0 saturated heterocycles. The summed E-state index contributed by atoms with van der Waals surface area (Å²) in [5.74, 6) is 2.85. The number of hydrogen-bond acceptors (Lipinski definition) is 2. The Morgan fingerprint density at radius 2 is 1.52 bits per heavy atom. The van der Waals surface area contributed by atoms with E-state index in [0.717, 1.165) is 33.9 Å². The van der Waals surface area contributed by atoms with Crippen molar-refractivity contribution in [3.8, 4) is 0 Å². The van der Waals surface area contributed by atoms with Gasteiger partial charge in [0, 0.05) is 10.6 Å². The molecule has 4 bridgehead atoms. The summed E-state index contributed by atoms with van der Waals surface area (Å²) in [4.78, 5) is 13.7. The van der Waals surface area contributed by atoms with Crippen molar-refractivity contribution in [2.45, 2.75) is 48.8 Å². The van der Waals surface area contributed by atoms with Gasteiger partial charge in [-0.2, -0.15) is 0 Å². The van der Waals surface area contributed by atoms with E-state index in [-0.39, 0.29) is 5.91 Å². The highest BCUT2D eigenvalue weighted by atomic mass is 32.2. The molecule has 27 heavy (non-hydrogen) atoms. The zero-order chi connectivity index (χ0) is 18.4. The molecule has 0 radical (unpaired) electrons. The van der Waals surface area contributed by atoms with Crippen LogP contribution in [0.5, 0.6) is 0 Å². The molecule has 3 heteroatoms. The van der Waals surface area contributed by atoms with Gasteiger partial charge in [-0.15, -0.1) is 11.8 Å². The van der Waals surface area contributed by atoms with Gasteiger partial charge in [0.05, 0.1) is 5.56 Å². The summed E-state index contributed by atoms with van der Waals surface area (Å²) >= 11 is 1.61. The molecule has 2 aromatic carbocycles. The van der Waals surface area contributed by atoms with Gasteiger partial charge in [0.15, 0.2) is 0 Å². The lowest BCUT2D eigenvalue weighted by Crippen LogP contribution is -2.48. The summed E-state index contributed by atoms with van der Waals surface area (Å²) in [5.41, 5.74) is 3.56. The smallest absolute Gasteiger partial charge is 0.256 e. The van der Waals surface area contributed by atoms with Crippen molar-refractivity contribution in [3.63, 3.8) is 0 Å². The fourth-order valence-electron chi connectivity index (χ4n) is 6.40. The molecule has 1 N–H and O–H groups in total. The maximum absolute atomic E-state index is 12.7. The number of thioether (sulfide) groups is 1. The highest BCUT2D eigenvalue weighted by molar-refractivity contribution is 7.98. The summed E-state index contributed by atoms with van der Waals surface area (Å²) in [6.45, 7) is 0. The number of carbonyl (C=O) groups excluding carboxylic acids is 1. The molecule has 4 saturated carbocycles. The Balaban J connectivity index is 1.34. The van der Waals surface area contributed by atoms with Crippen LogP contribution < -0.4 is 5.32 Å². The molecule has 4 aliphatic rings. The van der Waals surface area contributed by atoms with E-state index in [0.29, 0.717) is 5.41 Å². The van der Waals surface area contributed by atoms with Crippen LogP contribution in [0.25, 0.3) is 0 Å². The van der Waals surface area contributed by atoms with Crippen LogP contribution in [0.4, 0.5) is 5.69 Å². The van der Waals surface area contributed by atoms with E-state index < -0.39 is 0 Å². The maximum atomic E-state index is 12.7. The van der Waals surface area contributed by atoms with Gasteiger partial charge in [0.2, 0.25) is 0 Å². The topological polar surface area (TPSA) is 29.1 Å². The molecule has 0 aromatic heterocycles. The van der Waals surface area contributed by atoms with Crippen LogP contribution in [0, 0.1) is 17.8 Å². The highest BCUT2D eigenvalue weighted by Gasteiger charge is 2.51. The van der Waals surface area contributed by atoms with Crippen LogP contribution in [0.2, 0.25) is 0 Å². The molecule has 2 nitrogen and oxygen atoms in total. The lowest BCUT2D eigenvalue weighted by atomic mass is 9.48. The summed E-state index contributed by atoms with van der Waals surface area (Å²) in [6, 6.07) is 16.6. The van der Waals surface area contributed by atoms with Gasteiger partial charge in [-0.05, 0) is 97.8 Å². The fourth-order valence-corrected chi connectivity index (χ4v) is 7.00. The second-order valence-electron chi connectivity index (χ2n) is 8.93. The molecule has 4 aliphatic carbocycles. The third kappa shape index (κ3) is 3.10. The van der Waals surface area contributed by atoms with Gasteiger partial charge in [0.25, 0.3) is 5.91 Å². The number of benzene rings is 2. The first-order valence-electron chi connectivity index (χ1n) is 10.2. The minimum Gasteiger partial charge on any atom is -0.322 e. The maximum Gasteiger partial charge on any atom is 0.256 e. The van der Waals surface area contributed by atoms with Crippen molar-refractivity contribution in [1.29, 1.82) is 0 Å². The van der Waals surface area contributed by atoms with E-state index in [1.54, 1.807) is 11.8 Å². The Morgan fingerprint density at radius 3 is 2.11 bits per heavy atom. The molecule has 0 spiro atoms. The van der Waals surface area contributed by atoms with E-state index in [9.17, 15) is 4.79 Å². The van der Waals surface area contributed by atoms with E-state index in [1.165, 1.54) is 44.1 Å². The molecule has 4 fully saturated rings. The van der Waals surface area contributed by atoms with Crippen LogP contribution in [-0.4, -0.2) is 12.2 Å². The lowest BCUT2D eigenvalue weighted by molar-refractivity contribution is -0.00518. The third-order valence-corrected chi connectivity index (χ3v) is 7.94. The molecule has 2 aromatic rings. The van der Waals surface area contributed by atoms with E-state index in [1.807, 2.05) is 30.5 Å². The molecule has 140 valence electrons. The number of amides is 1. The Labute approximate surface area is 166 Å². The normalized spacial score (nSPS) is 31.1. The van der Waals surface area contributed by atoms with Crippen molar-refractivity contribution in [3.05, 3.63) is 59.7 Å². The van der Waals surface area contributed by atoms with Crippen LogP contribution >= 0.6 is 11.8 Å². The van der Waals surface area contributed by atoms with Gasteiger partial charge in [-0.1, -0.05) is 24.3 Å². The van der Waals surface area contributed by atoms with Gasteiger partial charge >= 0.3 is 0 Å². The Morgan fingerprint density at radius 1 is 0.926 bits per heavy atom. The minimum absolute atomic E-state index is 0.0255. The van der Waals surface area contributed by atoms with Gasteiger partial charge in [-0.25, -0.2) is 0 Å². The van der Waals surface area contributed by atoms with E-state index in [4.69, 9.17) is 0 Å². The molecule has 0 heterocycles. The monoisotopic (exact) mass is 377 g/mol. The van der Waals surface area contributed by atoms with Crippen LogP contribution in [-0.2, 0) is 5.41 Å². The Bertz CT molecular complexity index is 822. The second kappa shape index (κ2) is 6.70. The van der Waals surface area contributed by atoms with Crippen molar-refractivity contribution in [2.75, 3.05) is 11.6 Å². The summed E-state index contributed by atoms with van der Waals surface area (Å²) < 4.78 is 0. The van der Waals surface area contributed by atoms with Crippen LogP contribution in [0.1, 0.15) is 54.4 Å². The number of carbonyl (C=O) groups is 1. The molecule has 0 aliphatic heterocycles. The molecule has 0 unspecified atom stereocenters. The van der Waals surface area contributed by atoms with Gasteiger partial charge < -0.3 is 5.32 Å². The van der Waals surface area contributed by atoms with Gasteiger partial charge in [0.1, 0.15) is 0 Å². The number of hydrogen-bond donors (Lipinski definition) is 1. The Hall–Kier alpha value is -1.74. The molecule has 1 amide bonds. The van der Waals surface area contributed by atoms with E-state index in [2.05, 4.69) is 29.6 Å². The first kappa shape index (κ1) is 17.4. The average molecular weight is 378 g/mol. The van der Waals surface area contributed by atoms with Crippen LogP contribution in [0.15, 0.2) is 53.4 Å². The zero-order valence-electron chi connectivity index (χ0n) is 15.9. The van der Waals surface area contributed by atoms with Crippen molar-refractivity contribution >= 4 is 23.4 Å². The van der Waals surface area contributed by atoms with Crippen molar-refractivity contribution in [2.24, 2.45) is 17.8 Å². The summed E-state index contributed by atoms with van der Waals surface area (Å²) in [7, 11) is 0. The largest absolute Gasteiger partial charge is 0.322 e. The highest BCUT2D eigenvalue weighted by Crippen LogP contribution is 2.60. The van der Waals surface area contributed by atoms with Gasteiger partial charge in [-0.3, -0.25) is 4.79 Å². The average Bonchev–Trinajstić information content (AvgIpc) is 2.67. The summed E-state index contributed by atoms with van der Waals surface area (Å²) in [6.07, 6.45) is 10.6. The zero-order valence-corrected chi connectivity index (χ0v) is 16.7. The first-order valence-corrected chi connectivity index (χ1v) is 11.4. The lowest BCUT2D eigenvalue weighted by Gasteiger charge is -2.57. The first-order chi connectivity index (χ1) is 13.1.